The largest absolute Gasteiger partial charge is 0.535 e. The molecule has 2 aliphatic heterocycles. The fraction of sp³-hybridized carbons (Fsp3) is 0.526. The van der Waals surface area contributed by atoms with Crippen LogP contribution in [-0.4, -0.2) is 47.7 Å². The van der Waals surface area contributed by atoms with E-state index in [0.29, 0.717) is 43.2 Å². The molecular weight excluding hydrogens is 345 g/mol. The Labute approximate surface area is 159 Å². The van der Waals surface area contributed by atoms with Gasteiger partial charge in [0.2, 0.25) is 0 Å². The molecule has 1 atom stereocenters. The van der Waals surface area contributed by atoms with Crippen molar-refractivity contribution in [2.75, 3.05) is 13.1 Å². The van der Waals surface area contributed by atoms with E-state index in [9.17, 15) is 14.6 Å². The fourth-order valence-corrected chi connectivity index (χ4v) is 4.01. The van der Waals surface area contributed by atoms with Crippen LogP contribution in [-0.2, 0) is 11.2 Å². The van der Waals surface area contributed by atoms with Gasteiger partial charge in [-0.1, -0.05) is 12.1 Å². The van der Waals surface area contributed by atoms with Gasteiger partial charge in [-0.3, -0.25) is 15.0 Å². The standard InChI is InChI=1S/C19H26BN3O4/c1-12(24)17-4-2-3-14-10-15(20(26)27-18(14)17)11-16(25)9-13-5-7-23(8-6-13)19(21)22/h2-4,13,15,26H,5-11H2,1H3,(H3,21,22)/t15-/m1/s1. The molecular formula is C19H26BN3O4. The van der Waals surface area contributed by atoms with Crippen molar-refractivity contribution in [3.8, 4) is 5.75 Å². The topological polar surface area (TPSA) is 117 Å². The van der Waals surface area contributed by atoms with E-state index in [-0.39, 0.29) is 29.8 Å². The summed E-state index contributed by atoms with van der Waals surface area (Å²) in [5.41, 5.74) is 6.83. The summed E-state index contributed by atoms with van der Waals surface area (Å²) in [5, 5.41) is 17.8. The van der Waals surface area contributed by atoms with Gasteiger partial charge in [0.15, 0.2) is 11.7 Å². The number of hydrogen-bond acceptors (Lipinski definition) is 5. The van der Waals surface area contributed by atoms with E-state index in [1.54, 1.807) is 12.1 Å². The molecule has 0 aliphatic carbocycles. The van der Waals surface area contributed by atoms with Gasteiger partial charge in [-0.25, -0.2) is 0 Å². The van der Waals surface area contributed by atoms with E-state index in [1.807, 2.05) is 11.0 Å². The number of carbonyl (C=O) groups excluding carboxylic acids is 2. The molecule has 1 aromatic carbocycles. The molecule has 1 fully saturated rings. The summed E-state index contributed by atoms with van der Waals surface area (Å²) < 4.78 is 5.61. The molecule has 0 unspecified atom stereocenters. The average molecular weight is 371 g/mol. The molecule has 0 aromatic heterocycles. The number of guanidine groups is 1. The van der Waals surface area contributed by atoms with Crippen LogP contribution in [0, 0.1) is 11.3 Å². The molecule has 8 heteroatoms. The fourth-order valence-electron chi connectivity index (χ4n) is 4.01. The highest BCUT2D eigenvalue weighted by atomic mass is 16.5. The third kappa shape index (κ3) is 4.50. The summed E-state index contributed by atoms with van der Waals surface area (Å²) in [4.78, 5) is 26.1. The number of nitrogens with one attached hydrogen (secondary N) is 1. The van der Waals surface area contributed by atoms with Crippen molar-refractivity contribution in [2.45, 2.75) is 44.8 Å². The summed E-state index contributed by atoms with van der Waals surface area (Å²) in [6.45, 7) is 2.89. The first-order valence-corrected chi connectivity index (χ1v) is 9.43. The van der Waals surface area contributed by atoms with Crippen LogP contribution < -0.4 is 10.4 Å². The van der Waals surface area contributed by atoms with Crippen LogP contribution in [0.2, 0.25) is 5.82 Å². The van der Waals surface area contributed by atoms with Crippen molar-refractivity contribution in [3.63, 3.8) is 0 Å². The minimum Gasteiger partial charge on any atom is -0.535 e. The summed E-state index contributed by atoms with van der Waals surface area (Å²) in [6.07, 6.45) is 2.96. The quantitative estimate of drug-likeness (QED) is 0.314. The minimum absolute atomic E-state index is 0.0887. The van der Waals surface area contributed by atoms with Gasteiger partial charge in [-0.2, -0.15) is 0 Å². The number of likely N-dealkylation sites (tertiary alicyclic amines) is 1. The molecule has 2 heterocycles. The summed E-state index contributed by atoms with van der Waals surface area (Å²) in [7, 11) is -1.08. The lowest BCUT2D eigenvalue weighted by atomic mass is 9.64. The Balaban J connectivity index is 1.57. The van der Waals surface area contributed by atoms with E-state index < -0.39 is 7.12 Å². The molecule has 0 spiro atoms. The Morgan fingerprint density at radius 1 is 1.33 bits per heavy atom. The third-order valence-electron chi connectivity index (χ3n) is 5.56. The number of hydrogen-bond donors (Lipinski definition) is 3. The Hall–Kier alpha value is -2.35. The molecule has 27 heavy (non-hydrogen) atoms. The predicted molar refractivity (Wildman–Crippen MR) is 103 cm³/mol. The van der Waals surface area contributed by atoms with Crippen LogP contribution in [0.15, 0.2) is 18.2 Å². The van der Waals surface area contributed by atoms with Gasteiger partial charge in [-0.05, 0) is 43.7 Å². The van der Waals surface area contributed by atoms with Gasteiger partial charge in [0.1, 0.15) is 11.5 Å². The van der Waals surface area contributed by atoms with Crippen molar-refractivity contribution in [1.82, 2.24) is 4.90 Å². The zero-order valence-electron chi connectivity index (χ0n) is 15.6. The maximum Gasteiger partial charge on any atom is 0.526 e. The first kappa shape index (κ1) is 19.4. The van der Waals surface area contributed by atoms with Crippen LogP contribution in [0.25, 0.3) is 0 Å². The number of piperidine rings is 1. The Bertz CT molecular complexity index is 746. The van der Waals surface area contributed by atoms with Gasteiger partial charge in [0.05, 0.1) is 5.56 Å². The summed E-state index contributed by atoms with van der Waals surface area (Å²) in [5.74, 6) is 0.542. The second-order valence-corrected chi connectivity index (χ2v) is 7.59. The third-order valence-corrected chi connectivity index (χ3v) is 5.56. The summed E-state index contributed by atoms with van der Waals surface area (Å²) >= 11 is 0. The SMILES string of the molecule is CC(=O)c1cccc2c1OB(O)[C@@H](CC(=O)CC1CCN(C(=N)N)CC1)C2. The molecule has 1 saturated heterocycles. The number of Topliss-reactive ketones (excluding diaryl/α,β-unsaturated/α-hetero) is 2. The molecule has 0 amide bonds. The van der Waals surface area contributed by atoms with Crippen molar-refractivity contribution in [2.24, 2.45) is 11.7 Å². The average Bonchev–Trinajstić information content (AvgIpc) is 2.62. The molecule has 1 aromatic rings. The smallest absolute Gasteiger partial charge is 0.526 e. The van der Waals surface area contributed by atoms with E-state index in [0.717, 1.165) is 18.4 Å². The van der Waals surface area contributed by atoms with Crippen LogP contribution >= 0.6 is 0 Å². The van der Waals surface area contributed by atoms with E-state index in [1.165, 1.54) is 6.92 Å². The number of benzene rings is 1. The predicted octanol–water partition coefficient (Wildman–Crippen LogP) is 1.63. The van der Waals surface area contributed by atoms with Crippen molar-refractivity contribution >= 4 is 24.6 Å². The number of fused-ring (bicyclic) bond motifs is 1. The monoisotopic (exact) mass is 371 g/mol. The lowest BCUT2D eigenvalue weighted by molar-refractivity contribution is -0.120. The number of nitrogens with two attached hydrogens (primary N) is 1. The van der Waals surface area contributed by atoms with Gasteiger partial charge in [0, 0.05) is 31.7 Å². The molecule has 7 nitrogen and oxygen atoms in total. The number of para-hydroxylation sites is 1. The normalized spacial score (nSPS) is 20.0. The number of rotatable bonds is 5. The Kier molecular flexibility index (Phi) is 5.84. The van der Waals surface area contributed by atoms with Crippen LogP contribution in [0.5, 0.6) is 5.75 Å². The molecule has 0 bridgehead atoms. The van der Waals surface area contributed by atoms with Crippen molar-refractivity contribution in [1.29, 1.82) is 5.41 Å². The maximum atomic E-state index is 12.5. The zero-order valence-corrected chi connectivity index (χ0v) is 15.6. The Morgan fingerprint density at radius 3 is 2.67 bits per heavy atom. The molecule has 0 radical (unpaired) electrons. The van der Waals surface area contributed by atoms with E-state index in [2.05, 4.69) is 0 Å². The highest BCUT2D eigenvalue weighted by Gasteiger charge is 2.37. The molecule has 0 saturated carbocycles. The molecule has 3 rings (SSSR count). The van der Waals surface area contributed by atoms with Crippen LogP contribution in [0.4, 0.5) is 0 Å². The molecule has 4 N–H and O–H groups in total. The van der Waals surface area contributed by atoms with Gasteiger partial charge < -0.3 is 20.3 Å². The number of ketones is 2. The highest BCUT2D eigenvalue weighted by Crippen LogP contribution is 2.37. The van der Waals surface area contributed by atoms with E-state index in [4.69, 9.17) is 15.8 Å². The molecule has 144 valence electrons. The van der Waals surface area contributed by atoms with Crippen LogP contribution in [0.1, 0.15) is 48.5 Å². The first-order chi connectivity index (χ1) is 12.8. The van der Waals surface area contributed by atoms with Crippen molar-refractivity contribution in [3.05, 3.63) is 29.3 Å². The van der Waals surface area contributed by atoms with Gasteiger partial charge in [-0.15, -0.1) is 0 Å². The second kappa shape index (κ2) is 8.13. The zero-order chi connectivity index (χ0) is 19.6. The van der Waals surface area contributed by atoms with Gasteiger partial charge >= 0.3 is 7.12 Å². The summed E-state index contributed by atoms with van der Waals surface area (Å²) in [6, 6.07) is 5.37. The number of carbonyl (C=O) groups is 2. The Morgan fingerprint density at radius 2 is 2.04 bits per heavy atom. The lowest BCUT2D eigenvalue weighted by Crippen LogP contribution is -2.42. The molecule has 2 aliphatic rings. The maximum absolute atomic E-state index is 12.5. The highest BCUT2D eigenvalue weighted by molar-refractivity contribution is 6.47. The van der Waals surface area contributed by atoms with Gasteiger partial charge in [0.25, 0.3) is 0 Å². The van der Waals surface area contributed by atoms with E-state index >= 15 is 0 Å². The van der Waals surface area contributed by atoms with Crippen LogP contribution in [0.3, 0.4) is 0 Å². The number of nitrogens with zero attached hydrogens (tertiary/aromatic N) is 1. The first-order valence-electron chi connectivity index (χ1n) is 9.43. The minimum atomic E-state index is -1.08. The lowest BCUT2D eigenvalue weighted by Gasteiger charge is -2.32. The van der Waals surface area contributed by atoms with Crippen molar-refractivity contribution < 1.29 is 19.3 Å². The second-order valence-electron chi connectivity index (χ2n) is 7.59.